The van der Waals surface area contributed by atoms with Crippen molar-refractivity contribution in [2.45, 2.75) is 11.1 Å². The van der Waals surface area contributed by atoms with Crippen molar-refractivity contribution in [3.05, 3.63) is 90.0 Å². The second-order valence-corrected chi connectivity index (χ2v) is 8.80. The molecule has 0 heterocycles. The van der Waals surface area contributed by atoms with Crippen LogP contribution < -0.4 is 14.5 Å². The average molecular weight is 491 g/mol. The number of ether oxygens (including phenoxy) is 1. The molecular formula is C23H20F3N3O4S. The van der Waals surface area contributed by atoms with Crippen LogP contribution in [-0.4, -0.2) is 34.2 Å². The van der Waals surface area contributed by atoms with Crippen LogP contribution in [0.25, 0.3) is 0 Å². The van der Waals surface area contributed by atoms with Crippen LogP contribution >= 0.6 is 0 Å². The number of benzene rings is 3. The number of methoxy groups -OCH3 is 1. The average Bonchev–Trinajstić information content (AvgIpc) is 2.83. The first-order valence-corrected chi connectivity index (χ1v) is 11.3. The first-order chi connectivity index (χ1) is 16.1. The number of hydrogen-bond acceptors (Lipinski definition) is 5. The van der Waals surface area contributed by atoms with Gasteiger partial charge in [-0.2, -0.15) is 18.3 Å². The Bertz CT molecular complexity index is 1260. The first-order valence-electron chi connectivity index (χ1n) is 9.82. The molecule has 1 amide bonds. The lowest BCUT2D eigenvalue weighted by atomic mass is 10.1. The van der Waals surface area contributed by atoms with Crippen LogP contribution in [0.2, 0.25) is 0 Å². The summed E-state index contributed by atoms with van der Waals surface area (Å²) in [4.78, 5) is 12.5. The predicted octanol–water partition coefficient (Wildman–Crippen LogP) is 4.06. The summed E-state index contributed by atoms with van der Waals surface area (Å²) in [5.74, 6) is -0.297. The van der Waals surface area contributed by atoms with E-state index in [-0.39, 0.29) is 16.1 Å². The van der Waals surface area contributed by atoms with Gasteiger partial charge in [0.2, 0.25) is 0 Å². The lowest BCUT2D eigenvalue weighted by Gasteiger charge is -2.23. The van der Waals surface area contributed by atoms with E-state index in [1.807, 2.05) is 0 Å². The normalized spacial score (nSPS) is 11.9. The number of rotatable bonds is 8. The number of alkyl halides is 3. The monoisotopic (exact) mass is 491 g/mol. The third kappa shape index (κ3) is 6.13. The molecule has 0 fully saturated rings. The molecule has 1 N–H and O–H groups in total. The molecule has 3 rings (SSSR count). The quantitative estimate of drug-likeness (QED) is 0.380. The molecule has 3 aromatic carbocycles. The number of nitrogens with one attached hydrogen (secondary N) is 1. The Morgan fingerprint density at radius 2 is 1.71 bits per heavy atom. The molecule has 0 spiro atoms. The molecular weight excluding hydrogens is 471 g/mol. The summed E-state index contributed by atoms with van der Waals surface area (Å²) < 4.78 is 70.9. The third-order valence-electron chi connectivity index (χ3n) is 4.60. The van der Waals surface area contributed by atoms with Crippen LogP contribution in [0.15, 0.2) is 88.9 Å². The zero-order valence-corrected chi connectivity index (χ0v) is 18.7. The van der Waals surface area contributed by atoms with Gasteiger partial charge in [-0.05, 0) is 54.1 Å². The number of carbonyl (C=O) groups is 1. The minimum absolute atomic E-state index is 0.0221. The van der Waals surface area contributed by atoms with Crippen molar-refractivity contribution >= 4 is 27.8 Å². The van der Waals surface area contributed by atoms with Crippen molar-refractivity contribution in [1.82, 2.24) is 5.43 Å². The Kier molecular flexibility index (Phi) is 7.57. The van der Waals surface area contributed by atoms with Gasteiger partial charge in [-0.15, -0.1) is 0 Å². The van der Waals surface area contributed by atoms with Crippen LogP contribution in [0.3, 0.4) is 0 Å². The maximum atomic E-state index is 13.2. The van der Waals surface area contributed by atoms with Gasteiger partial charge in [0.05, 0.1) is 29.5 Å². The molecule has 0 unspecified atom stereocenters. The van der Waals surface area contributed by atoms with Gasteiger partial charge in [0.25, 0.3) is 15.9 Å². The lowest BCUT2D eigenvalue weighted by Crippen LogP contribution is -2.39. The summed E-state index contributed by atoms with van der Waals surface area (Å²) in [7, 11) is -2.65. The second-order valence-electron chi connectivity index (χ2n) is 6.94. The molecule has 34 heavy (non-hydrogen) atoms. The van der Waals surface area contributed by atoms with E-state index in [0.717, 1.165) is 22.7 Å². The number of nitrogens with zero attached hydrogens (tertiary/aromatic N) is 2. The van der Waals surface area contributed by atoms with Gasteiger partial charge in [0.15, 0.2) is 0 Å². The van der Waals surface area contributed by atoms with Crippen LogP contribution in [0.1, 0.15) is 11.1 Å². The van der Waals surface area contributed by atoms with Crippen molar-refractivity contribution in [3.63, 3.8) is 0 Å². The number of sulfonamides is 1. The Morgan fingerprint density at radius 1 is 1.03 bits per heavy atom. The molecule has 178 valence electrons. The van der Waals surface area contributed by atoms with E-state index in [4.69, 9.17) is 4.74 Å². The number of carbonyl (C=O) groups excluding carboxylic acids is 1. The Hall–Kier alpha value is -3.86. The van der Waals surface area contributed by atoms with Crippen molar-refractivity contribution < 1.29 is 31.1 Å². The van der Waals surface area contributed by atoms with Gasteiger partial charge in [-0.3, -0.25) is 9.10 Å². The van der Waals surface area contributed by atoms with E-state index in [1.54, 1.807) is 30.3 Å². The maximum Gasteiger partial charge on any atom is 0.416 e. The van der Waals surface area contributed by atoms with E-state index < -0.39 is 34.2 Å². The summed E-state index contributed by atoms with van der Waals surface area (Å²) in [6.07, 6.45) is -3.48. The molecule has 0 aliphatic carbocycles. The standard InChI is InChI=1S/C23H20F3N3O4S/c1-33-20-12-10-19(11-13-20)29(34(31,32)21-8-3-2-4-9-21)16-22(30)28-27-15-17-6-5-7-18(14-17)23(24,25)26/h2-15H,16H2,1H3,(H,28,30)/b27-15-. The van der Waals surface area contributed by atoms with Crippen molar-refractivity contribution in [2.75, 3.05) is 18.0 Å². The molecule has 0 aliphatic heterocycles. The van der Waals surface area contributed by atoms with E-state index in [2.05, 4.69) is 10.5 Å². The SMILES string of the molecule is COc1ccc(N(CC(=O)N/N=C\c2cccc(C(F)(F)F)c2)S(=O)(=O)c2ccccc2)cc1. The molecule has 0 atom stereocenters. The van der Waals surface area contributed by atoms with Crippen LogP contribution in [-0.2, 0) is 21.0 Å². The fourth-order valence-electron chi connectivity index (χ4n) is 2.92. The smallest absolute Gasteiger partial charge is 0.416 e. The fraction of sp³-hybridized carbons (Fsp3) is 0.130. The summed E-state index contributed by atoms with van der Waals surface area (Å²) >= 11 is 0. The van der Waals surface area contributed by atoms with Crippen molar-refractivity contribution in [3.8, 4) is 5.75 Å². The molecule has 3 aromatic rings. The molecule has 7 nitrogen and oxygen atoms in total. The number of hydrazone groups is 1. The first kappa shape index (κ1) is 24.8. The van der Waals surface area contributed by atoms with E-state index in [9.17, 15) is 26.4 Å². The Morgan fingerprint density at radius 3 is 2.32 bits per heavy atom. The summed E-state index contributed by atoms with van der Waals surface area (Å²) in [6.45, 7) is -0.622. The summed E-state index contributed by atoms with van der Waals surface area (Å²) in [5.41, 5.74) is 1.62. The Balaban J connectivity index is 1.81. The highest BCUT2D eigenvalue weighted by molar-refractivity contribution is 7.92. The highest BCUT2D eigenvalue weighted by Crippen LogP contribution is 2.29. The van der Waals surface area contributed by atoms with E-state index in [0.29, 0.717) is 5.75 Å². The number of halogens is 3. The lowest BCUT2D eigenvalue weighted by molar-refractivity contribution is -0.137. The van der Waals surface area contributed by atoms with Crippen molar-refractivity contribution in [1.29, 1.82) is 0 Å². The minimum atomic E-state index is -4.52. The molecule has 0 aliphatic rings. The Labute approximate surface area is 194 Å². The predicted molar refractivity (Wildman–Crippen MR) is 121 cm³/mol. The number of amides is 1. The highest BCUT2D eigenvalue weighted by Gasteiger charge is 2.30. The molecule has 0 radical (unpaired) electrons. The highest BCUT2D eigenvalue weighted by atomic mass is 32.2. The van der Waals surface area contributed by atoms with Crippen LogP contribution in [0.5, 0.6) is 5.75 Å². The van der Waals surface area contributed by atoms with Gasteiger partial charge in [-0.1, -0.05) is 30.3 Å². The minimum Gasteiger partial charge on any atom is -0.497 e. The van der Waals surface area contributed by atoms with Gasteiger partial charge in [0, 0.05) is 0 Å². The van der Waals surface area contributed by atoms with E-state index in [1.165, 1.54) is 43.5 Å². The molecule has 0 bridgehead atoms. The summed E-state index contributed by atoms with van der Waals surface area (Å²) in [6, 6.07) is 18.0. The van der Waals surface area contributed by atoms with Gasteiger partial charge in [0.1, 0.15) is 12.3 Å². The van der Waals surface area contributed by atoms with Gasteiger partial charge < -0.3 is 4.74 Å². The third-order valence-corrected chi connectivity index (χ3v) is 6.38. The summed E-state index contributed by atoms with van der Waals surface area (Å²) in [5, 5.41) is 3.66. The van der Waals surface area contributed by atoms with Crippen LogP contribution in [0, 0.1) is 0 Å². The fourth-order valence-corrected chi connectivity index (χ4v) is 4.37. The number of anilines is 1. The molecule has 0 aromatic heterocycles. The maximum absolute atomic E-state index is 13.2. The zero-order chi connectivity index (χ0) is 24.8. The second kappa shape index (κ2) is 10.4. The van der Waals surface area contributed by atoms with Gasteiger partial charge >= 0.3 is 6.18 Å². The van der Waals surface area contributed by atoms with Crippen LogP contribution in [0.4, 0.5) is 18.9 Å². The largest absolute Gasteiger partial charge is 0.497 e. The number of hydrogen-bond donors (Lipinski definition) is 1. The zero-order valence-electron chi connectivity index (χ0n) is 17.9. The molecule has 0 saturated carbocycles. The van der Waals surface area contributed by atoms with Gasteiger partial charge in [-0.25, -0.2) is 13.8 Å². The van der Waals surface area contributed by atoms with Crippen molar-refractivity contribution in [2.24, 2.45) is 5.10 Å². The molecule has 11 heteroatoms. The topological polar surface area (TPSA) is 88.1 Å². The molecule has 0 saturated heterocycles. The van der Waals surface area contributed by atoms with E-state index >= 15 is 0 Å².